The van der Waals surface area contributed by atoms with Crippen LogP contribution in [-0.2, 0) is 4.74 Å². The molecular formula is C11H14N2OS. The van der Waals surface area contributed by atoms with Gasteiger partial charge in [-0.05, 0) is 25.5 Å². The normalized spacial score (nSPS) is 19.7. The highest BCUT2D eigenvalue weighted by atomic mass is 32.1. The number of nitrogens with one attached hydrogen (secondary N) is 1. The highest BCUT2D eigenvalue weighted by molar-refractivity contribution is 7.12. The van der Waals surface area contributed by atoms with Crippen LogP contribution in [0.2, 0.25) is 0 Å². The van der Waals surface area contributed by atoms with Crippen molar-refractivity contribution in [1.29, 1.82) is 0 Å². The maximum Gasteiger partial charge on any atom is 0.141 e. The molecule has 0 spiro atoms. The third-order valence-electron chi connectivity index (χ3n) is 2.43. The third-order valence-corrected chi connectivity index (χ3v) is 3.41. The monoisotopic (exact) mass is 222 g/mol. The predicted octanol–water partition coefficient (Wildman–Crippen LogP) is 2.53. The van der Waals surface area contributed by atoms with E-state index < -0.39 is 0 Å². The summed E-state index contributed by atoms with van der Waals surface area (Å²) in [6.07, 6.45) is 3.47. The van der Waals surface area contributed by atoms with Crippen LogP contribution in [0, 0.1) is 13.8 Å². The van der Waals surface area contributed by atoms with Crippen molar-refractivity contribution in [2.75, 3.05) is 7.11 Å². The number of ether oxygens (including phenoxy) is 1. The molecule has 0 amide bonds. The van der Waals surface area contributed by atoms with E-state index in [1.165, 1.54) is 15.3 Å². The van der Waals surface area contributed by atoms with Gasteiger partial charge in [-0.15, -0.1) is 11.3 Å². The Kier molecular flexibility index (Phi) is 2.77. The summed E-state index contributed by atoms with van der Waals surface area (Å²) in [4.78, 5) is 6.67. The lowest BCUT2D eigenvalue weighted by Gasteiger charge is -2.21. The molecule has 0 saturated carbocycles. The molecule has 1 N–H and O–H groups in total. The number of methoxy groups -OCH3 is 1. The fourth-order valence-electron chi connectivity index (χ4n) is 1.74. The molecule has 1 aromatic rings. The first-order valence-electron chi connectivity index (χ1n) is 4.81. The molecule has 0 aliphatic carbocycles. The van der Waals surface area contributed by atoms with Gasteiger partial charge < -0.3 is 10.1 Å². The summed E-state index contributed by atoms with van der Waals surface area (Å²) in [5, 5.41) is 3.21. The molecule has 0 fully saturated rings. The number of nitrogens with zero attached hydrogens (tertiary/aromatic N) is 1. The van der Waals surface area contributed by atoms with E-state index in [1.54, 1.807) is 19.6 Å². The molecule has 1 aliphatic heterocycles. The lowest BCUT2D eigenvalue weighted by Crippen LogP contribution is -2.25. The molecule has 80 valence electrons. The van der Waals surface area contributed by atoms with Gasteiger partial charge in [0.1, 0.15) is 11.8 Å². The quantitative estimate of drug-likeness (QED) is 0.834. The molecule has 0 saturated heterocycles. The molecule has 0 bridgehead atoms. The third kappa shape index (κ3) is 1.90. The lowest BCUT2D eigenvalue weighted by molar-refractivity contribution is 0.257. The average molecular weight is 222 g/mol. The Balaban J connectivity index is 2.35. The Bertz CT molecular complexity index is 420. The zero-order chi connectivity index (χ0) is 10.8. The number of hydrogen-bond acceptors (Lipinski definition) is 4. The highest BCUT2D eigenvalue weighted by Gasteiger charge is 2.21. The number of rotatable bonds is 2. The van der Waals surface area contributed by atoms with Crippen LogP contribution in [0.3, 0.4) is 0 Å². The van der Waals surface area contributed by atoms with E-state index in [-0.39, 0.29) is 6.04 Å². The minimum absolute atomic E-state index is 0.109. The lowest BCUT2D eigenvalue weighted by atomic mass is 10.1. The van der Waals surface area contributed by atoms with Gasteiger partial charge in [-0.25, -0.2) is 4.99 Å². The summed E-state index contributed by atoms with van der Waals surface area (Å²) in [6.45, 7) is 4.25. The summed E-state index contributed by atoms with van der Waals surface area (Å²) in [6, 6.07) is 2.31. The van der Waals surface area contributed by atoms with Crippen LogP contribution in [0.5, 0.6) is 0 Å². The smallest absolute Gasteiger partial charge is 0.141 e. The zero-order valence-corrected chi connectivity index (χ0v) is 9.89. The summed E-state index contributed by atoms with van der Waals surface area (Å²) < 4.78 is 5.31. The number of aryl methyl sites for hydroxylation is 2. The fourth-order valence-corrected chi connectivity index (χ4v) is 2.70. The molecule has 0 aromatic carbocycles. The SMILES string of the molecule is COC1=CN=CNC1c1cc(C)sc1C. The molecule has 4 heteroatoms. The Morgan fingerprint density at radius 1 is 1.47 bits per heavy atom. The van der Waals surface area contributed by atoms with E-state index in [9.17, 15) is 0 Å². The molecule has 2 rings (SSSR count). The van der Waals surface area contributed by atoms with Gasteiger partial charge in [-0.3, -0.25) is 0 Å². The largest absolute Gasteiger partial charge is 0.497 e. The van der Waals surface area contributed by atoms with Crippen molar-refractivity contribution in [3.8, 4) is 0 Å². The van der Waals surface area contributed by atoms with Crippen LogP contribution in [0.4, 0.5) is 0 Å². The maximum absolute atomic E-state index is 5.31. The van der Waals surface area contributed by atoms with Gasteiger partial charge in [0.2, 0.25) is 0 Å². The molecular weight excluding hydrogens is 208 g/mol. The highest BCUT2D eigenvalue weighted by Crippen LogP contribution is 2.31. The van der Waals surface area contributed by atoms with Gasteiger partial charge in [0, 0.05) is 9.75 Å². The van der Waals surface area contributed by atoms with Crippen LogP contribution in [-0.4, -0.2) is 13.4 Å². The Morgan fingerprint density at radius 3 is 2.87 bits per heavy atom. The van der Waals surface area contributed by atoms with Crippen LogP contribution < -0.4 is 5.32 Å². The number of thiophene rings is 1. The fraction of sp³-hybridized carbons (Fsp3) is 0.364. The predicted molar refractivity (Wildman–Crippen MR) is 63.3 cm³/mol. The van der Waals surface area contributed by atoms with Crippen LogP contribution in [0.15, 0.2) is 23.0 Å². The first-order chi connectivity index (χ1) is 7.22. The van der Waals surface area contributed by atoms with E-state index in [1.807, 2.05) is 11.3 Å². The topological polar surface area (TPSA) is 33.6 Å². The van der Waals surface area contributed by atoms with E-state index >= 15 is 0 Å². The molecule has 2 heterocycles. The van der Waals surface area contributed by atoms with E-state index in [2.05, 4.69) is 30.2 Å². The van der Waals surface area contributed by atoms with Crippen LogP contribution in [0.1, 0.15) is 21.4 Å². The zero-order valence-electron chi connectivity index (χ0n) is 9.07. The summed E-state index contributed by atoms with van der Waals surface area (Å²) >= 11 is 1.81. The number of aliphatic imine (C=N–C) groups is 1. The maximum atomic E-state index is 5.31. The first kappa shape index (κ1) is 10.2. The summed E-state index contributed by atoms with van der Waals surface area (Å²) in [5.74, 6) is 0.860. The second kappa shape index (κ2) is 4.06. The Morgan fingerprint density at radius 2 is 2.27 bits per heavy atom. The first-order valence-corrected chi connectivity index (χ1v) is 5.62. The minimum atomic E-state index is 0.109. The molecule has 15 heavy (non-hydrogen) atoms. The van der Waals surface area contributed by atoms with Gasteiger partial charge >= 0.3 is 0 Å². The van der Waals surface area contributed by atoms with Crippen LogP contribution in [0.25, 0.3) is 0 Å². The van der Waals surface area contributed by atoms with E-state index in [0.717, 1.165) is 5.76 Å². The molecule has 1 atom stereocenters. The second-order valence-electron chi connectivity index (χ2n) is 3.48. The molecule has 1 aromatic heterocycles. The standard InChI is InChI=1S/C11H14N2OS/c1-7-4-9(8(2)15-7)11-10(14-3)5-12-6-13-11/h4-6,11H,1-3H3,(H,12,13). The molecule has 1 unspecified atom stereocenters. The van der Waals surface area contributed by atoms with Crippen LogP contribution >= 0.6 is 11.3 Å². The van der Waals surface area contributed by atoms with Gasteiger partial charge in [-0.2, -0.15) is 0 Å². The van der Waals surface area contributed by atoms with E-state index in [4.69, 9.17) is 4.74 Å². The Labute approximate surface area is 93.5 Å². The van der Waals surface area contributed by atoms with Gasteiger partial charge in [0.05, 0.1) is 19.6 Å². The van der Waals surface area contributed by atoms with E-state index in [0.29, 0.717) is 0 Å². The summed E-state index contributed by atoms with van der Waals surface area (Å²) in [5.41, 5.74) is 1.27. The average Bonchev–Trinajstić information content (AvgIpc) is 2.57. The van der Waals surface area contributed by atoms with Gasteiger partial charge in [-0.1, -0.05) is 0 Å². The Hall–Kier alpha value is -1.29. The van der Waals surface area contributed by atoms with Crippen molar-refractivity contribution in [2.45, 2.75) is 19.9 Å². The second-order valence-corrected chi connectivity index (χ2v) is 4.94. The molecule has 0 radical (unpaired) electrons. The van der Waals surface area contributed by atoms with Crippen molar-refractivity contribution in [2.24, 2.45) is 4.99 Å². The van der Waals surface area contributed by atoms with Crippen molar-refractivity contribution in [3.05, 3.63) is 33.3 Å². The minimum Gasteiger partial charge on any atom is -0.497 e. The van der Waals surface area contributed by atoms with Crippen molar-refractivity contribution in [3.63, 3.8) is 0 Å². The summed E-state index contributed by atoms with van der Waals surface area (Å²) in [7, 11) is 1.68. The molecule has 3 nitrogen and oxygen atoms in total. The number of hydrogen-bond donors (Lipinski definition) is 1. The van der Waals surface area contributed by atoms with Gasteiger partial charge in [0.15, 0.2) is 0 Å². The molecule has 1 aliphatic rings. The van der Waals surface area contributed by atoms with Crippen molar-refractivity contribution >= 4 is 17.7 Å². The van der Waals surface area contributed by atoms with Gasteiger partial charge in [0.25, 0.3) is 0 Å². The van der Waals surface area contributed by atoms with Crippen molar-refractivity contribution in [1.82, 2.24) is 5.32 Å². The van der Waals surface area contributed by atoms with Crippen molar-refractivity contribution < 1.29 is 4.74 Å².